The van der Waals surface area contributed by atoms with E-state index in [1.54, 1.807) is 24.3 Å². The zero-order chi connectivity index (χ0) is 12.0. The zero-order valence-electron chi connectivity index (χ0n) is 9.66. The van der Waals surface area contributed by atoms with Gasteiger partial charge in [0.25, 0.3) is 0 Å². The molecule has 0 aliphatic carbocycles. The first-order valence-corrected chi connectivity index (χ1v) is 5.45. The lowest BCUT2D eigenvalue weighted by Crippen LogP contribution is -2.07. The first-order chi connectivity index (χ1) is 7.65. The van der Waals surface area contributed by atoms with Crippen molar-refractivity contribution in [2.24, 2.45) is 0 Å². The fourth-order valence-corrected chi connectivity index (χ4v) is 1.41. The maximum absolute atomic E-state index is 11.8. The lowest BCUT2D eigenvalue weighted by atomic mass is 10.0. The Balaban J connectivity index is 2.85. The topological polar surface area (TPSA) is 43.4 Å². The van der Waals surface area contributed by atoms with Crippen LogP contribution >= 0.6 is 0 Å². The smallest absolute Gasteiger partial charge is 0.308 e. The van der Waals surface area contributed by atoms with Gasteiger partial charge in [0.05, 0.1) is 5.56 Å². The highest BCUT2D eigenvalue weighted by Gasteiger charge is 2.12. The van der Waals surface area contributed by atoms with Crippen molar-refractivity contribution < 1.29 is 14.3 Å². The molecule has 0 atom stereocenters. The van der Waals surface area contributed by atoms with Crippen LogP contribution in [0.15, 0.2) is 24.3 Å². The van der Waals surface area contributed by atoms with Gasteiger partial charge in [0.1, 0.15) is 5.75 Å². The third kappa shape index (κ3) is 3.50. The van der Waals surface area contributed by atoms with Gasteiger partial charge in [-0.3, -0.25) is 9.59 Å². The maximum Gasteiger partial charge on any atom is 0.308 e. The van der Waals surface area contributed by atoms with Crippen LogP contribution in [-0.2, 0) is 4.79 Å². The predicted octanol–water partition coefficient (Wildman–Crippen LogP) is 2.98. The molecular formula is C13H16O3. The van der Waals surface area contributed by atoms with E-state index >= 15 is 0 Å². The number of carbonyl (C=O) groups is 2. The van der Waals surface area contributed by atoms with E-state index in [1.807, 2.05) is 6.92 Å². The van der Waals surface area contributed by atoms with Crippen LogP contribution in [0.4, 0.5) is 0 Å². The molecule has 0 heterocycles. The molecule has 1 aromatic carbocycles. The molecule has 16 heavy (non-hydrogen) atoms. The van der Waals surface area contributed by atoms with Gasteiger partial charge < -0.3 is 4.74 Å². The summed E-state index contributed by atoms with van der Waals surface area (Å²) in [5, 5.41) is 0. The van der Waals surface area contributed by atoms with E-state index in [4.69, 9.17) is 4.74 Å². The number of para-hydroxylation sites is 1. The molecule has 0 amide bonds. The summed E-state index contributed by atoms with van der Waals surface area (Å²) in [6.07, 6.45) is 2.32. The minimum Gasteiger partial charge on any atom is -0.426 e. The molecule has 0 radical (unpaired) electrons. The molecule has 3 nitrogen and oxygen atoms in total. The van der Waals surface area contributed by atoms with E-state index in [2.05, 4.69) is 0 Å². The summed E-state index contributed by atoms with van der Waals surface area (Å²) in [7, 11) is 0. The maximum atomic E-state index is 11.8. The highest BCUT2D eigenvalue weighted by atomic mass is 16.5. The third-order valence-electron chi connectivity index (χ3n) is 2.20. The second-order valence-electron chi connectivity index (χ2n) is 3.62. The molecule has 0 bridgehead atoms. The molecule has 86 valence electrons. The van der Waals surface area contributed by atoms with Crippen molar-refractivity contribution in [3.05, 3.63) is 29.8 Å². The fourth-order valence-electron chi connectivity index (χ4n) is 1.41. The summed E-state index contributed by atoms with van der Waals surface area (Å²) in [6, 6.07) is 6.85. The van der Waals surface area contributed by atoms with E-state index < -0.39 is 5.97 Å². The second-order valence-corrected chi connectivity index (χ2v) is 3.62. The number of ether oxygens (including phenoxy) is 1. The minimum atomic E-state index is -0.407. The molecule has 0 saturated carbocycles. The number of esters is 1. The fraction of sp³-hybridized carbons (Fsp3) is 0.385. The standard InChI is InChI=1S/C13H16O3/c1-3-4-8-12(15)11-7-5-6-9-13(11)16-10(2)14/h5-7,9H,3-4,8H2,1-2H3. The Morgan fingerprint density at radius 2 is 1.94 bits per heavy atom. The number of hydrogen-bond acceptors (Lipinski definition) is 3. The third-order valence-corrected chi connectivity index (χ3v) is 2.20. The molecule has 0 aliphatic rings. The van der Waals surface area contributed by atoms with Crippen LogP contribution < -0.4 is 4.74 Å². The van der Waals surface area contributed by atoms with Crippen LogP contribution in [0.5, 0.6) is 5.75 Å². The highest BCUT2D eigenvalue weighted by Crippen LogP contribution is 2.20. The van der Waals surface area contributed by atoms with Crippen molar-refractivity contribution in [1.29, 1.82) is 0 Å². The van der Waals surface area contributed by atoms with E-state index in [0.29, 0.717) is 17.7 Å². The summed E-state index contributed by atoms with van der Waals surface area (Å²) in [6.45, 7) is 3.36. The average Bonchev–Trinajstić information content (AvgIpc) is 2.26. The molecule has 1 aromatic rings. The van der Waals surface area contributed by atoms with Gasteiger partial charge in [-0.15, -0.1) is 0 Å². The van der Waals surface area contributed by atoms with E-state index in [0.717, 1.165) is 12.8 Å². The molecule has 0 unspecified atom stereocenters. The number of benzene rings is 1. The molecule has 0 saturated heterocycles. The molecule has 0 fully saturated rings. The normalized spacial score (nSPS) is 9.88. The van der Waals surface area contributed by atoms with Crippen LogP contribution in [-0.4, -0.2) is 11.8 Å². The lowest BCUT2D eigenvalue weighted by Gasteiger charge is -2.07. The number of Topliss-reactive ketones (excluding diaryl/α,β-unsaturated/α-hetero) is 1. The molecule has 0 N–H and O–H groups in total. The highest BCUT2D eigenvalue weighted by molar-refractivity contribution is 5.99. The van der Waals surface area contributed by atoms with Crippen molar-refractivity contribution >= 4 is 11.8 Å². The molecule has 0 aromatic heterocycles. The molecular weight excluding hydrogens is 204 g/mol. The summed E-state index contributed by atoms with van der Waals surface area (Å²) in [4.78, 5) is 22.7. The predicted molar refractivity (Wildman–Crippen MR) is 61.6 cm³/mol. The van der Waals surface area contributed by atoms with Gasteiger partial charge in [0.15, 0.2) is 5.78 Å². The van der Waals surface area contributed by atoms with E-state index in [9.17, 15) is 9.59 Å². The van der Waals surface area contributed by atoms with Gasteiger partial charge >= 0.3 is 5.97 Å². The van der Waals surface area contributed by atoms with E-state index in [-0.39, 0.29) is 5.78 Å². The van der Waals surface area contributed by atoms with Crippen molar-refractivity contribution in [1.82, 2.24) is 0 Å². The monoisotopic (exact) mass is 220 g/mol. The number of hydrogen-bond donors (Lipinski definition) is 0. The van der Waals surface area contributed by atoms with Gasteiger partial charge in [0.2, 0.25) is 0 Å². The quantitative estimate of drug-likeness (QED) is 0.435. The summed E-state index contributed by atoms with van der Waals surface area (Å²) < 4.78 is 4.99. The minimum absolute atomic E-state index is 0.0266. The lowest BCUT2D eigenvalue weighted by molar-refractivity contribution is -0.131. The van der Waals surface area contributed by atoms with Crippen LogP contribution in [0.3, 0.4) is 0 Å². The molecule has 0 spiro atoms. The van der Waals surface area contributed by atoms with Gasteiger partial charge in [-0.1, -0.05) is 25.5 Å². The van der Waals surface area contributed by atoms with Crippen LogP contribution in [0, 0.1) is 0 Å². The Morgan fingerprint density at radius 3 is 2.56 bits per heavy atom. The summed E-state index contributed by atoms with van der Waals surface area (Å²) >= 11 is 0. The number of rotatable bonds is 5. The van der Waals surface area contributed by atoms with Gasteiger partial charge in [-0.2, -0.15) is 0 Å². The largest absolute Gasteiger partial charge is 0.426 e. The van der Waals surface area contributed by atoms with Gasteiger partial charge in [-0.05, 0) is 18.6 Å². The Bertz CT molecular complexity index is 383. The van der Waals surface area contributed by atoms with Crippen LogP contribution in [0.25, 0.3) is 0 Å². The van der Waals surface area contributed by atoms with Gasteiger partial charge in [0, 0.05) is 13.3 Å². The summed E-state index contributed by atoms with van der Waals surface area (Å²) in [5.74, 6) is -0.0226. The number of unbranched alkanes of at least 4 members (excludes halogenated alkanes) is 1. The van der Waals surface area contributed by atoms with E-state index in [1.165, 1.54) is 6.92 Å². The molecule has 3 heteroatoms. The second kappa shape index (κ2) is 6.05. The van der Waals surface area contributed by atoms with Crippen LogP contribution in [0.2, 0.25) is 0 Å². The van der Waals surface area contributed by atoms with Gasteiger partial charge in [-0.25, -0.2) is 0 Å². The Kier molecular flexibility index (Phi) is 4.70. The average molecular weight is 220 g/mol. The summed E-state index contributed by atoms with van der Waals surface area (Å²) in [5.41, 5.74) is 0.492. The zero-order valence-corrected chi connectivity index (χ0v) is 9.66. The molecule has 0 aliphatic heterocycles. The van der Waals surface area contributed by atoms with Crippen molar-refractivity contribution in [3.63, 3.8) is 0 Å². The Morgan fingerprint density at radius 1 is 1.25 bits per heavy atom. The van der Waals surface area contributed by atoms with Crippen molar-refractivity contribution in [3.8, 4) is 5.75 Å². The van der Waals surface area contributed by atoms with Crippen LogP contribution in [0.1, 0.15) is 43.5 Å². The number of carbonyl (C=O) groups excluding carboxylic acids is 2. The molecule has 1 rings (SSSR count). The first kappa shape index (κ1) is 12.4. The number of ketones is 1. The first-order valence-electron chi connectivity index (χ1n) is 5.45. The Labute approximate surface area is 95.4 Å². The van der Waals surface area contributed by atoms with Crippen molar-refractivity contribution in [2.45, 2.75) is 33.1 Å². The Hall–Kier alpha value is -1.64. The SMILES string of the molecule is CCCCC(=O)c1ccccc1OC(C)=O. The van der Waals surface area contributed by atoms with Crippen molar-refractivity contribution in [2.75, 3.05) is 0 Å².